The molecule has 0 unspecified atom stereocenters. The highest BCUT2D eigenvalue weighted by Crippen LogP contribution is 2.49. The van der Waals surface area contributed by atoms with Crippen molar-refractivity contribution in [3.63, 3.8) is 0 Å². The van der Waals surface area contributed by atoms with Gasteiger partial charge >= 0.3 is 6.09 Å². The van der Waals surface area contributed by atoms with Crippen LogP contribution in [0, 0.1) is 12.1 Å². The lowest BCUT2D eigenvalue weighted by Gasteiger charge is -2.14. The van der Waals surface area contributed by atoms with Crippen molar-refractivity contribution < 1.29 is 18.7 Å². The molecular weight excluding hydrogens is 493 g/mol. The van der Waals surface area contributed by atoms with E-state index in [1.165, 1.54) is 6.07 Å². The molecule has 4 aromatic rings. The van der Waals surface area contributed by atoms with E-state index in [1.807, 2.05) is 73.1 Å². The van der Waals surface area contributed by atoms with Crippen LogP contribution in [0.5, 0.6) is 0 Å². The van der Waals surface area contributed by atoms with Gasteiger partial charge in [0, 0.05) is 11.6 Å². The third-order valence-electron chi connectivity index (χ3n) is 6.90. The Kier molecular flexibility index (Phi) is 6.53. The number of aryl methyl sites for hydroxylation is 1. The predicted molar refractivity (Wildman–Crippen MR) is 144 cm³/mol. The molecule has 5 rings (SSSR count). The van der Waals surface area contributed by atoms with Crippen molar-refractivity contribution in [1.82, 2.24) is 0 Å². The van der Waals surface area contributed by atoms with E-state index < -0.39 is 12.2 Å². The van der Waals surface area contributed by atoms with Crippen LogP contribution in [0.2, 0.25) is 0 Å². The van der Waals surface area contributed by atoms with Crippen LogP contribution < -0.4 is 5.32 Å². The number of Topliss-reactive ketones (excluding diaryl/α,β-unsaturated/α-hetero) is 1. The van der Waals surface area contributed by atoms with E-state index in [-0.39, 0.29) is 16.3 Å². The lowest BCUT2D eigenvalue weighted by molar-refractivity contribution is -0.119. The molecule has 36 heavy (non-hydrogen) atoms. The van der Waals surface area contributed by atoms with Gasteiger partial charge in [-0.25, -0.2) is 4.79 Å². The summed E-state index contributed by atoms with van der Waals surface area (Å²) in [5.74, 6) is 0.229. The van der Waals surface area contributed by atoms with Crippen LogP contribution in [-0.2, 0) is 14.9 Å². The number of thiophene rings is 2. The van der Waals surface area contributed by atoms with Gasteiger partial charge in [0.05, 0.1) is 16.0 Å². The molecule has 1 saturated carbocycles. The minimum atomic E-state index is -0.622. The summed E-state index contributed by atoms with van der Waals surface area (Å²) in [4.78, 5) is 25.2. The minimum absolute atomic E-state index is 0.229. The molecule has 184 valence electrons. The second-order valence-electron chi connectivity index (χ2n) is 9.27. The van der Waals surface area contributed by atoms with Crippen molar-refractivity contribution >= 4 is 40.2 Å². The molecule has 2 aromatic heterocycles. The highest BCUT2D eigenvalue weighted by molar-refractivity contribution is 7.14. The second-order valence-corrected chi connectivity index (χ2v) is 11.0. The van der Waals surface area contributed by atoms with Crippen molar-refractivity contribution in [2.45, 2.75) is 45.1 Å². The van der Waals surface area contributed by atoms with Gasteiger partial charge in [0.15, 0.2) is 5.13 Å². The molecule has 2 aromatic carbocycles. The van der Waals surface area contributed by atoms with Crippen LogP contribution in [0.3, 0.4) is 0 Å². The summed E-state index contributed by atoms with van der Waals surface area (Å²) in [5, 5.41) is 6.29. The molecule has 7 heteroatoms. The fourth-order valence-electron chi connectivity index (χ4n) is 4.58. The number of amides is 1. The van der Waals surface area contributed by atoms with Gasteiger partial charge in [0.1, 0.15) is 11.9 Å². The summed E-state index contributed by atoms with van der Waals surface area (Å²) in [6, 6.07) is 17.3. The Hall–Kier alpha value is -3.29. The highest BCUT2D eigenvalue weighted by atomic mass is 32.1. The van der Waals surface area contributed by atoms with Gasteiger partial charge in [-0.1, -0.05) is 48.5 Å². The topological polar surface area (TPSA) is 55.4 Å². The van der Waals surface area contributed by atoms with Crippen LogP contribution in [0.1, 0.15) is 49.5 Å². The number of ether oxygens (including phenoxy) is 1. The lowest BCUT2D eigenvalue weighted by atomic mass is 9.90. The molecule has 0 aliphatic heterocycles. The summed E-state index contributed by atoms with van der Waals surface area (Å²) in [5.41, 5.74) is 6.08. The first-order valence-corrected chi connectivity index (χ1v) is 13.5. The zero-order valence-corrected chi connectivity index (χ0v) is 21.9. The smallest absolute Gasteiger partial charge is 0.412 e. The number of hydrogen-bond acceptors (Lipinski definition) is 5. The molecule has 0 saturated heterocycles. The van der Waals surface area contributed by atoms with E-state index >= 15 is 0 Å². The number of carbonyl (C=O) groups is 2. The van der Waals surface area contributed by atoms with Crippen LogP contribution in [-0.4, -0.2) is 11.9 Å². The van der Waals surface area contributed by atoms with Gasteiger partial charge < -0.3 is 4.74 Å². The molecule has 2 heterocycles. The molecule has 0 radical (unpaired) electrons. The maximum absolute atomic E-state index is 14.2. The van der Waals surface area contributed by atoms with Crippen LogP contribution in [0.4, 0.5) is 14.9 Å². The monoisotopic (exact) mass is 519 g/mol. The lowest BCUT2D eigenvalue weighted by Crippen LogP contribution is -2.16. The van der Waals surface area contributed by atoms with Crippen molar-refractivity contribution in [2.24, 2.45) is 0 Å². The third kappa shape index (κ3) is 4.73. The first kappa shape index (κ1) is 24.4. The third-order valence-corrected chi connectivity index (χ3v) is 8.75. The Labute approximate surface area is 217 Å². The molecule has 0 spiro atoms. The van der Waals surface area contributed by atoms with Gasteiger partial charge in [-0.2, -0.15) is 15.7 Å². The SMILES string of the molecule is CC(=O)C1(c2ccc(-c3ccc(-c4sc(F)cc4NC(=O)O[C@H](C)c4cscc4C)cc3)cc2)CC1. The molecule has 1 aliphatic rings. The fraction of sp³-hybridized carbons (Fsp3) is 0.241. The molecular formula is C29H26FNO3S2. The van der Waals surface area contributed by atoms with E-state index in [4.69, 9.17) is 4.74 Å². The number of nitrogens with one attached hydrogen (secondary N) is 1. The summed E-state index contributed by atoms with van der Waals surface area (Å²) in [6.45, 7) is 5.46. The van der Waals surface area contributed by atoms with Crippen LogP contribution in [0.15, 0.2) is 65.4 Å². The summed E-state index contributed by atoms with van der Waals surface area (Å²) in [6.07, 6.45) is 0.816. The zero-order chi connectivity index (χ0) is 25.4. The number of hydrogen-bond donors (Lipinski definition) is 1. The van der Waals surface area contributed by atoms with Gasteiger partial charge in [-0.3, -0.25) is 10.1 Å². The van der Waals surface area contributed by atoms with Crippen molar-refractivity contribution in [3.05, 3.63) is 87.2 Å². The number of ketones is 1. The quantitative estimate of drug-likeness (QED) is 0.266. The van der Waals surface area contributed by atoms with Crippen LogP contribution in [0.25, 0.3) is 21.6 Å². The van der Waals surface area contributed by atoms with E-state index in [0.717, 1.165) is 57.6 Å². The largest absolute Gasteiger partial charge is 0.441 e. The molecule has 1 aliphatic carbocycles. The van der Waals surface area contributed by atoms with Gasteiger partial charge in [-0.05, 0) is 72.2 Å². The normalized spacial score (nSPS) is 14.8. The Morgan fingerprint density at radius 1 is 1.00 bits per heavy atom. The fourth-order valence-corrected chi connectivity index (χ4v) is 6.36. The number of benzene rings is 2. The molecule has 1 amide bonds. The summed E-state index contributed by atoms with van der Waals surface area (Å²) >= 11 is 2.54. The van der Waals surface area contributed by atoms with Gasteiger partial charge in [0.2, 0.25) is 0 Å². The number of rotatable bonds is 7. The Balaban J connectivity index is 1.30. The minimum Gasteiger partial charge on any atom is -0.441 e. The molecule has 1 atom stereocenters. The number of carbonyl (C=O) groups excluding carboxylic acids is 2. The number of anilines is 1. The Bertz CT molecular complexity index is 1420. The van der Waals surface area contributed by atoms with E-state index in [1.54, 1.807) is 18.3 Å². The average Bonchev–Trinajstić information content (AvgIpc) is 3.45. The first-order valence-electron chi connectivity index (χ1n) is 11.8. The van der Waals surface area contributed by atoms with Crippen molar-refractivity contribution in [1.29, 1.82) is 0 Å². The standard InChI is InChI=1S/C29H26FNO3S2/c1-17-15-35-16-24(17)18(2)34-28(33)31-25-14-26(30)36-27(25)22-6-4-20(5-7-22)21-8-10-23(11-9-21)29(12-13-29)19(3)32/h4-11,14-16,18H,12-13H2,1-3H3,(H,31,33)/t18-/m1/s1. The van der Waals surface area contributed by atoms with Gasteiger partial charge in [0.25, 0.3) is 0 Å². The van der Waals surface area contributed by atoms with E-state index in [0.29, 0.717) is 10.6 Å². The van der Waals surface area contributed by atoms with Crippen LogP contribution >= 0.6 is 22.7 Å². The second kappa shape index (κ2) is 9.64. The Morgan fingerprint density at radius 2 is 1.61 bits per heavy atom. The van der Waals surface area contributed by atoms with Gasteiger partial charge in [-0.15, -0.1) is 11.3 Å². The zero-order valence-electron chi connectivity index (χ0n) is 20.3. The Morgan fingerprint density at radius 3 is 2.17 bits per heavy atom. The number of halogens is 1. The maximum atomic E-state index is 14.2. The summed E-state index contributed by atoms with van der Waals surface area (Å²) < 4.78 is 19.7. The predicted octanol–water partition coefficient (Wildman–Crippen LogP) is 8.52. The molecule has 1 N–H and O–H groups in total. The van der Waals surface area contributed by atoms with Crippen molar-refractivity contribution in [2.75, 3.05) is 5.32 Å². The van der Waals surface area contributed by atoms with Crippen molar-refractivity contribution in [3.8, 4) is 21.6 Å². The molecule has 4 nitrogen and oxygen atoms in total. The average molecular weight is 520 g/mol. The molecule has 0 bridgehead atoms. The van der Waals surface area contributed by atoms with E-state index in [9.17, 15) is 14.0 Å². The molecule has 1 fully saturated rings. The maximum Gasteiger partial charge on any atom is 0.412 e. The van der Waals surface area contributed by atoms with E-state index in [2.05, 4.69) is 5.32 Å². The first-order chi connectivity index (χ1) is 17.3. The highest BCUT2D eigenvalue weighted by Gasteiger charge is 2.48. The summed E-state index contributed by atoms with van der Waals surface area (Å²) in [7, 11) is 0.